The van der Waals surface area contributed by atoms with E-state index in [1.165, 1.54) is 6.92 Å². The Kier molecular flexibility index (Phi) is 1.82. The van der Waals surface area contributed by atoms with Gasteiger partial charge in [-0.1, -0.05) is 0 Å². The highest BCUT2D eigenvalue weighted by Crippen LogP contribution is 2.25. The van der Waals surface area contributed by atoms with Crippen molar-refractivity contribution < 1.29 is 4.92 Å². The molecule has 0 atom stereocenters. The first-order valence-corrected chi connectivity index (χ1v) is 3.19. The van der Waals surface area contributed by atoms with Gasteiger partial charge in [-0.25, -0.2) is 4.98 Å². The number of rotatable bonds is 1. The predicted octanol–water partition coefficient (Wildman–Crippen LogP) is 0.463. The molecule has 0 saturated heterocycles. The first kappa shape index (κ1) is 8.25. The number of nitrogen functional groups attached to an aromatic ring is 2. The Hall–Kier alpha value is -1.85. The molecule has 0 unspecified atom stereocenters. The van der Waals surface area contributed by atoms with Crippen molar-refractivity contribution in [3.8, 4) is 0 Å². The third kappa shape index (κ3) is 1.14. The lowest BCUT2D eigenvalue weighted by Gasteiger charge is -2.02. The molecule has 4 N–H and O–H groups in total. The SMILES string of the molecule is Cc1c([N+](=O)[O-])cnc(N)c1N. The van der Waals surface area contributed by atoms with Gasteiger partial charge in [-0.05, 0) is 6.92 Å². The molecule has 6 nitrogen and oxygen atoms in total. The number of aromatic nitrogens is 1. The van der Waals surface area contributed by atoms with E-state index in [4.69, 9.17) is 11.5 Å². The molecule has 12 heavy (non-hydrogen) atoms. The van der Waals surface area contributed by atoms with Gasteiger partial charge in [0.15, 0.2) is 0 Å². The van der Waals surface area contributed by atoms with Gasteiger partial charge in [0, 0.05) is 0 Å². The summed E-state index contributed by atoms with van der Waals surface area (Å²) in [5, 5.41) is 10.4. The first-order chi connectivity index (χ1) is 5.54. The number of nitrogens with two attached hydrogens (primary N) is 2. The molecule has 0 aromatic carbocycles. The fraction of sp³-hybridized carbons (Fsp3) is 0.167. The number of hydrogen-bond acceptors (Lipinski definition) is 5. The van der Waals surface area contributed by atoms with E-state index in [2.05, 4.69) is 4.98 Å². The van der Waals surface area contributed by atoms with Gasteiger partial charge in [0.25, 0.3) is 5.69 Å². The van der Waals surface area contributed by atoms with Crippen LogP contribution >= 0.6 is 0 Å². The molecule has 0 aliphatic carbocycles. The van der Waals surface area contributed by atoms with Gasteiger partial charge < -0.3 is 11.5 Å². The van der Waals surface area contributed by atoms with Crippen molar-refractivity contribution >= 4 is 17.2 Å². The maximum absolute atomic E-state index is 10.4. The summed E-state index contributed by atoms with van der Waals surface area (Å²) in [7, 11) is 0. The van der Waals surface area contributed by atoms with Crippen LogP contribution in [-0.4, -0.2) is 9.91 Å². The van der Waals surface area contributed by atoms with Gasteiger partial charge in [0.05, 0.1) is 16.2 Å². The van der Waals surface area contributed by atoms with Crippen LogP contribution in [0.1, 0.15) is 5.56 Å². The summed E-state index contributed by atoms with van der Waals surface area (Å²) < 4.78 is 0. The molecule has 0 amide bonds. The molecule has 1 aromatic heterocycles. The third-order valence-electron chi connectivity index (χ3n) is 1.59. The van der Waals surface area contributed by atoms with Crippen LogP contribution in [0.2, 0.25) is 0 Å². The van der Waals surface area contributed by atoms with Crippen LogP contribution in [0.15, 0.2) is 6.20 Å². The zero-order valence-corrected chi connectivity index (χ0v) is 6.44. The van der Waals surface area contributed by atoms with Crippen LogP contribution in [-0.2, 0) is 0 Å². The zero-order valence-electron chi connectivity index (χ0n) is 6.44. The second-order valence-electron chi connectivity index (χ2n) is 2.32. The highest BCUT2D eigenvalue weighted by molar-refractivity contribution is 5.67. The second kappa shape index (κ2) is 2.65. The summed E-state index contributed by atoms with van der Waals surface area (Å²) in [6.07, 6.45) is 1.10. The quantitative estimate of drug-likeness (QED) is 0.467. The Bertz CT molecular complexity index is 337. The lowest BCUT2D eigenvalue weighted by molar-refractivity contribution is -0.385. The summed E-state index contributed by atoms with van der Waals surface area (Å²) in [6, 6.07) is 0. The Labute approximate surface area is 68.3 Å². The van der Waals surface area contributed by atoms with Crippen molar-refractivity contribution in [1.82, 2.24) is 4.98 Å². The molecule has 64 valence electrons. The van der Waals surface area contributed by atoms with Crippen LogP contribution in [0.3, 0.4) is 0 Å². The lowest BCUT2D eigenvalue weighted by Crippen LogP contribution is -2.03. The molecule has 1 aromatic rings. The number of hydrogen-bond donors (Lipinski definition) is 2. The summed E-state index contributed by atoms with van der Waals surface area (Å²) in [5.74, 6) is 0.123. The van der Waals surface area contributed by atoms with E-state index in [1.54, 1.807) is 0 Å². The van der Waals surface area contributed by atoms with E-state index in [0.29, 0.717) is 5.56 Å². The molecular formula is C6H8N4O2. The minimum atomic E-state index is -0.544. The average molecular weight is 168 g/mol. The van der Waals surface area contributed by atoms with Gasteiger partial charge in [-0.15, -0.1) is 0 Å². The van der Waals surface area contributed by atoms with Crippen molar-refractivity contribution in [2.24, 2.45) is 0 Å². The maximum Gasteiger partial charge on any atom is 0.292 e. The first-order valence-electron chi connectivity index (χ1n) is 3.19. The molecule has 0 aliphatic rings. The van der Waals surface area contributed by atoms with Crippen LogP contribution in [0.4, 0.5) is 17.2 Å². The molecule has 0 spiro atoms. The van der Waals surface area contributed by atoms with Gasteiger partial charge in [0.1, 0.15) is 12.0 Å². The average Bonchev–Trinajstić information content (AvgIpc) is 2.00. The third-order valence-corrected chi connectivity index (χ3v) is 1.59. The zero-order chi connectivity index (χ0) is 9.30. The molecule has 0 fully saturated rings. The number of pyridine rings is 1. The van der Waals surface area contributed by atoms with E-state index in [1.807, 2.05) is 0 Å². The fourth-order valence-electron chi connectivity index (χ4n) is 0.811. The molecule has 0 aliphatic heterocycles. The molecule has 0 saturated carbocycles. The molecule has 0 radical (unpaired) electrons. The Morgan fingerprint density at radius 1 is 1.58 bits per heavy atom. The summed E-state index contributed by atoms with van der Waals surface area (Å²) in [5.41, 5.74) is 11.2. The van der Waals surface area contributed by atoms with Crippen molar-refractivity contribution in [2.45, 2.75) is 6.92 Å². The normalized spacial score (nSPS) is 9.75. The molecule has 1 heterocycles. The minimum absolute atomic E-state index is 0.110. The van der Waals surface area contributed by atoms with Gasteiger partial charge in [-0.2, -0.15) is 0 Å². The van der Waals surface area contributed by atoms with Gasteiger partial charge in [-0.3, -0.25) is 10.1 Å². The van der Waals surface area contributed by atoms with Crippen LogP contribution in [0.25, 0.3) is 0 Å². The summed E-state index contributed by atoms with van der Waals surface area (Å²) >= 11 is 0. The van der Waals surface area contributed by atoms with Crippen LogP contribution in [0.5, 0.6) is 0 Å². The van der Waals surface area contributed by atoms with Gasteiger partial charge >= 0.3 is 0 Å². The Morgan fingerprint density at radius 3 is 2.67 bits per heavy atom. The highest BCUT2D eigenvalue weighted by Gasteiger charge is 2.14. The van der Waals surface area contributed by atoms with Gasteiger partial charge in [0.2, 0.25) is 0 Å². The Balaban J connectivity index is 3.36. The van der Waals surface area contributed by atoms with E-state index in [-0.39, 0.29) is 17.2 Å². The maximum atomic E-state index is 10.4. The molecule has 0 bridgehead atoms. The Morgan fingerprint density at radius 2 is 2.17 bits per heavy atom. The summed E-state index contributed by atoms with van der Waals surface area (Å²) in [4.78, 5) is 13.4. The van der Waals surface area contributed by atoms with Crippen LogP contribution in [0, 0.1) is 17.0 Å². The standard InChI is InChI=1S/C6H8N4O2/c1-3-4(10(11)12)2-9-6(8)5(3)7/h2H,7H2,1H3,(H2,8,9). The highest BCUT2D eigenvalue weighted by atomic mass is 16.6. The number of anilines is 2. The van der Waals surface area contributed by atoms with Crippen molar-refractivity contribution in [1.29, 1.82) is 0 Å². The molecule has 6 heteroatoms. The van der Waals surface area contributed by atoms with Crippen molar-refractivity contribution in [3.05, 3.63) is 21.9 Å². The number of nitro groups is 1. The molecule has 1 rings (SSSR count). The van der Waals surface area contributed by atoms with Crippen molar-refractivity contribution in [2.75, 3.05) is 11.5 Å². The smallest absolute Gasteiger partial charge is 0.292 e. The fourth-order valence-corrected chi connectivity index (χ4v) is 0.811. The van der Waals surface area contributed by atoms with E-state index in [9.17, 15) is 10.1 Å². The topological polar surface area (TPSA) is 108 Å². The molecular weight excluding hydrogens is 160 g/mol. The monoisotopic (exact) mass is 168 g/mol. The summed E-state index contributed by atoms with van der Waals surface area (Å²) in [6.45, 7) is 1.53. The lowest BCUT2D eigenvalue weighted by atomic mass is 10.2. The minimum Gasteiger partial charge on any atom is -0.395 e. The van der Waals surface area contributed by atoms with Crippen LogP contribution < -0.4 is 11.5 Å². The predicted molar refractivity (Wildman–Crippen MR) is 44.5 cm³/mol. The van der Waals surface area contributed by atoms with E-state index >= 15 is 0 Å². The largest absolute Gasteiger partial charge is 0.395 e. The number of nitrogens with zero attached hydrogens (tertiary/aromatic N) is 2. The van der Waals surface area contributed by atoms with Crippen molar-refractivity contribution in [3.63, 3.8) is 0 Å². The van der Waals surface area contributed by atoms with E-state index in [0.717, 1.165) is 6.20 Å². The van der Waals surface area contributed by atoms with E-state index < -0.39 is 4.92 Å². The second-order valence-corrected chi connectivity index (χ2v) is 2.32.